The molecular weight excluding hydrogens is 228 g/mol. The Kier molecular flexibility index (Phi) is 4.28. The first-order chi connectivity index (χ1) is 8.48. The summed E-state index contributed by atoms with van der Waals surface area (Å²) in [5.74, 6) is 0.562. The highest BCUT2D eigenvalue weighted by Crippen LogP contribution is 2.21. The Morgan fingerprint density at radius 3 is 2.11 bits per heavy atom. The summed E-state index contributed by atoms with van der Waals surface area (Å²) >= 11 is 0. The van der Waals surface area contributed by atoms with E-state index >= 15 is 0 Å². The summed E-state index contributed by atoms with van der Waals surface area (Å²) in [6.07, 6.45) is 1.80. The van der Waals surface area contributed by atoms with E-state index in [1.165, 1.54) is 0 Å². The van der Waals surface area contributed by atoms with Gasteiger partial charge in [0.05, 0.1) is 0 Å². The number of hydrogen-bond donors (Lipinski definition) is 0. The molecular formula is C14H26N2O2. The zero-order chi connectivity index (χ0) is 13.2. The van der Waals surface area contributed by atoms with E-state index in [-0.39, 0.29) is 11.5 Å². The van der Waals surface area contributed by atoms with Gasteiger partial charge in [-0.2, -0.15) is 0 Å². The van der Waals surface area contributed by atoms with Gasteiger partial charge in [-0.1, -0.05) is 0 Å². The lowest BCUT2D eigenvalue weighted by Gasteiger charge is -2.43. The lowest BCUT2D eigenvalue weighted by Crippen LogP contribution is -2.55. The monoisotopic (exact) mass is 254 g/mol. The van der Waals surface area contributed by atoms with E-state index in [2.05, 4.69) is 30.6 Å². The Hall–Kier alpha value is -0.610. The molecule has 2 heterocycles. The number of carbonyl (C=O) groups excluding carboxylic acids is 1. The van der Waals surface area contributed by atoms with Gasteiger partial charge in [-0.25, -0.2) is 0 Å². The van der Waals surface area contributed by atoms with E-state index in [1.54, 1.807) is 0 Å². The van der Waals surface area contributed by atoms with Crippen molar-refractivity contribution in [2.45, 2.75) is 39.2 Å². The molecule has 0 unspecified atom stereocenters. The first-order valence-electron chi connectivity index (χ1n) is 7.10. The largest absolute Gasteiger partial charge is 0.381 e. The van der Waals surface area contributed by atoms with Crippen LogP contribution in [0.4, 0.5) is 0 Å². The molecule has 4 nitrogen and oxygen atoms in total. The highest BCUT2D eigenvalue weighted by Gasteiger charge is 2.31. The quantitative estimate of drug-likeness (QED) is 0.708. The minimum absolute atomic E-state index is 0.208. The number of carbonyl (C=O) groups is 1. The maximum atomic E-state index is 12.4. The van der Waals surface area contributed by atoms with Crippen LogP contribution >= 0.6 is 0 Å². The third-order valence-electron chi connectivity index (χ3n) is 4.11. The van der Waals surface area contributed by atoms with E-state index in [9.17, 15) is 4.79 Å². The molecule has 18 heavy (non-hydrogen) atoms. The van der Waals surface area contributed by atoms with Crippen molar-refractivity contribution < 1.29 is 9.53 Å². The molecule has 2 aliphatic heterocycles. The van der Waals surface area contributed by atoms with Crippen LogP contribution in [0, 0.1) is 5.92 Å². The van der Waals surface area contributed by atoms with Crippen molar-refractivity contribution in [3.63, 3.8) is 0 Å². The van der Waals surface area contributed by atoms with Crippen molar-refractivity contribution in [1.82, 2.24) is 9.80 Å². The Labute approximate surface area is 110 Å². The second-order valence-electron chi connectivity index (χ2n) is 6.37. The van der Waals surface area contributed by atoms with Gasteiger partial charge in [0.25, 0.3) is 0 Å². The number of amides is 1. The van der Waals surface area contributed by atoms with Crippen molar-refractivity contribution in [3.05, 3.63) is 0 Å². The third kappa shape index (κ3) is 3.23. The van der Waals surface area contributed by atoms with Crippen LogP contribution in [0.2, 0.25) is 0 Å². The van der Waals surface area contributed by atoms with Crippen molar-refractivity contribution in [1.29, 1.82) is 0 Å². The minimum Gasteiger partial charge on any atom is -0.381 e. The third-order valence-corrected chi connectivity index (χ3v) is 4.11. The predicted octanol–water partition coefficient (Wildman–Crippen LogP) is 1.36. The molecule has 0 atom stereocenters. The Bertz CT molecular complexity index is 285. The topological polar surface area (TPSA) is 32.8 Å². The van der Waals surface area contributed by atoms with Gasteiger partial charge in [0.1, 0.15) is 0 Å². The maximum Gasteiger partial charge on any atom is 0.225 e. The van der Waals surface area contributed by atoms with Gasteiger partial charge in [0.2, 0.25) is 5.91 Å². The summed E-state index contributed by atoms with van der Waals surface area (Å²) in [5.41, 5.74) is 0.216. The van der Waals surface area contributed by atoms with E-state index in [4.69, 9.17) is 4.74 Å². The van der Waals surface area contributed by atoms with Gasteiger partial charge in [-0.15, -0.1) is 0 Å². The molecule has 104 valence electrons. The van der Waals surface area contributed by atoms with Crippen LogP contribution in [0.25, 0.3) is 0 Å². The molecule has 2 aliphatic rings. The van der Waals surface area contributed by atoms with Gasteiger partial charge in [-0.3, -0.25) is 9.69 Å². The van der Waals surface area contributed by atoms with Gasteiger partial charge in [0, 0.05) is 50.8 Å². The molecule has 0 bridgehead atoms. The smallest absolute Gasteiger partial charge is 0.225 e. The number of nitrogens with zero attached hydrogens (tertiary/aromatic N) is 2. The number of rotatable bonds is 1. The SMILES string of the molecule is CC(C)(C)N1CCN(C(=O)C2CCOCC2)CC1. The Balaban J connectivity index is 1.83. The average Bonchev–Trinajstić information content (AvgIpc) is 2.38. The first kappa shape index (κ1) is 13.8. The van der Waals surface area contributed by atoms with Gasteiger partial charge >= 0.3 is 0 Å². The highest BCUT2D eigenvalue weighted by molar-refractivity contribution is 5.79. The zero-order valence-electron chi connectivity index (χ0n) is 11.9. The first-order valence-corrected chi connectivity index (χ1v) is 7.10. The molecule has 4 heteroatoms. The molecule has 2 fully saturated rings. The van der Waals surface area contributed by atoms with Crippen molar-refractivity contribution in [2.24, 2.45) is 5.92 Å². The summed E-state index contributed by atoms with van der Waals surface area (Å²) in [7, 11) is 0. The fourth-order valence-corrected chi connectivity index (χ4v) is 2.80. The Morgan fingerprint density at radius 1 is 1.06 bits per heavy atom. The Morgan fingerprint density at radius 2 is 1.61 bits per heavy atom. The van der Waals surface area contributed by atoms with Crippen molar-refractivity contribution in [2.75, 3.05) is 39.4 Å². The summed E-state index contributed by atoms with van der Waals surface area (Å²) in [6, 6.07) is 0. The molecule has 2 saturated heterocycles. The molecule has 2 rings (SSSR count). The van der Waals surface area contributed by atoms with E-state index in [1.807, 2.05) is 0 Å². The summed E-state index contributed by atoms with van der Waals surface area (Å²) < 4.78 is 5.32. The summed E-state index contributed by atoms with van der Waals surface area (Å²) in [6.45, 7) is 12.0. The van der Waals surface area contributed by atoms with Crippen LogP contribution in [0.3, 0.4) is 0 Å². The lowest BCUT2D eigenvalue weighted by molar-refractivity contribution is -0.141. The molecule has 0 aromatic rings. The van der Waals surface area contributed by atoms with Crippen LogP contribution in [-0.2, 0) is 9.53 Å². The predicted molar refractivity (Wildman–Crippen MR) is 71.4 cm³/mol. The summed E-state index contributed by atoms with van der Waals surface area (Å²) in [5, 5.41) is 0. The second-order valence-corrected chi connectivity index (χ2v) is 6.37. The van der Waals surface area contributed by atoms with Crippen LogP contribution in [0.15, 0.2) is 0 Å². The van der Waals surface area contributed by atoms with Crippen LogP contribution < -0.4 is 0 Å². The highest BCUT2D eigenvalue weighted by atomic mass is 16.5. The zero-order valence-corrected chi connectivity index (χ0v) is 11.9. The molecule has 0 N–H and O–H groups in total. The van der Waals surface area contributed by atoms with E-state index in [0.29, 0.717) is 5.91 Å². The van der Waals surface area contributed by atoms with Gasteiger partial charge in [-0.05, 0) is 33.6 Å². The number of piperazine rings is 1. The molecule has 1 amide bonds. The van der Waals surface area contributed by atoms with Gasteiger partial charge < -0.3 is 9.64 Å². The minimum atomic E-state index is 0.208. The molecule has 0 aromatic carbocycles. The van der Waals surface area contributed by atoms with Crippen LogP contribution in [-0.4, -0.2) is 60.6 Å². The lowest BCUT2D eigenvalue weighted by atomic mass is 9.98. The number of ether oxygens (including phenoxy) is 1. The molecule has 0 aliphatic carbocycles. The second kappa shape index (κ2) is 5.57. The molecule has 0 saturated carbocycles. The normalized spacial score (nSPS) is 24.3. The number of hydrogen-bond acceptors (Lipinski definition) is 3. The maximum absolute atomic E-state index is 12.4. The average molecular weight is 254 g/mol. The summed E-state index contributed by atoms with van der Waals surface area (Å²) in [4.78, 5) is 16.9. The molecule has 0 radical (unpaired) electrons. The fraction of sp³-hybridized carbons (Fsp3) is 0.929. The van der Waals surface area contributed by atoms with E-state index in [0.717, 1.165) is 52.2 Å². The van der Waals surface area contributed by atoms with Crippen LogP contribution in [0.5, 0.6) is 0 Å². The van der Waals surface area contributed by atoms with Crippen molar-refractivity contribution in [3.8, 4) is 0 Å². The molecule has 0 spiro atoms. The van der Waals surface area contributed by atoms with E-state index < -0.39 is 0 Å². The standard InChI is InChI=1S/C14H26N2O2/c1-14(2,3)16-8-6-15(7-9-16)13(17)12-4-10-18-11-5-12/h12H,4-11H2,1-3H3. The van der Waals surface area contributed by atoms with Gasteiger partial charge in [0.15, 0.2) is 0 Å². The fourth-order valence-electron chi connectivity index (χ4n) is 2.80. The van der Waals surface area contributed by atoms with Crippen LogP contribution in [0.1, 0.15) is 33.6 Å². The van der Waals surface area contributed by atoms with Crippen molar-refractivity contribution >= 4 is 5.91 Å². The molecule has 0 aromatic heterocycles.